The maximum Gasteiger partial charge on any atom is 0.449 e. The molecule has 4 rings (SSSR count). The first-order valence-electron chi connectivity index (χ1n) is 8.36. The molecule has 0 bridgehead atoms. The van der Waals surface area contributed by atoms with Crippen LogP contribution in [0.4, 0.5) is 19.1 Å². The Morgan fingerprint density at radius 3 is 2.74 bits per heavy atom. The molecule has 2 aromatic heterocycles. The van der Waals surface area contributed by atoms with E-state index >= 15 is 0 Å². The van der Waals surface area contributed by atoms with Crippen LogP contribution in [0, 0.1) is 0 Å². The first kappa shape index (κ1) is 17.8. The van der Waals surface area contributed by atoms with Crippen molar-refractivity contribution in [2.24, 2.45) is 7.05 Å². The largest absolute Gasteiger partial charge is 0.449 e. The van der Waals surface area contributed by atoms with E-state index in [0.717, 1.165) is 4.57 Å². The summed E-state index contributed by atoms with van der Waals surface area (Å²) in [6.45, 7) is 0.201. The first-order chi connectivity index (χ1) is 12.8. The van der Waals surface area contributed by atoms with Gasteiger partial charge in [0.15, 0.2) is 5.69 Å². The molecular weight excluding hydrogens is 383 g/mol. The average molecular weight is 398 g/mol. The highest BCUT2D eigenvalue weighted by atomic mass is 35.5. The molecule has 142 valence electrons. The summed E-state index contributed by atoms with van der Waals surface area (Å²) in [6, 6.07) is 5.20. The third kappa shape index (κ3) is 2.95. The highest BCUT2D eigenvalue weighted by molar-refractivity contribution is 6.35. The number of para-hydroxylation sites is 1. The van der Waals surface area contributed by atoms with Gasteiger partial charge >= 0.3 is 6.18 Å². The minimum Gasteiger partial charge on any atom is -0.324 e. The molecule has 1 aliphatic rings. The lowest BCUT2D eigenvalue weighted by Crippen LogP contribution is -2.20. The molecule has 0 radical (unpaired) electrons. The van der Waals surface area contributed by atoms with Crippen molar-refractivity contribution >= 4 is 34.5 Å². The number of anilines is 1. The van der Waals surface area contributed by atoms with Crippen LogP contribution in [0.3, 0.4) is 0 Å². The molecule has 1 aliphatic heterocycles. The lowest BCUT2D eigenvalue weighted by Gasteiger charge is -2.18. The van der Waals surface area contributed by atoms with Gasteiger partial charge in [-0.1, -0.05) is 17.7 Å². The molecule has 1 amide bonds. The Kier molecular flexibility index (Phi) is 4.14. The number of hydrogen-bond acceptors (Lipinski definition) is 3. The third-order valence-corrected chi connectivity index (χ3v) is 4.98. The molecule has 0 fully saturated rings. The summed E-state index contributed by atoms with van der Waals surface area (Å²) in [7, 11) is 1.69. The fourth-order valence-corrected chi connectivity index (χ4v) is 3.61. The Morgan fingerprint density at radius 1 is 1.26 bits per heavy atom. The van der Waals surface area contributed by atoms with Crippen LogP contribution in [0.15, 0.2) is 18.2 Å². The molecule has 0 saturated heterocycles. The van der Waals surface area contributed by atoms with Gasteiger partial charge in [-0.25, -0.2) is 9.97 Å². The molecule has 0 atom stereocenters. The zero-order valence-corrected chi connectivity index (χ0v) is 15.0. The number of alkyl halides is 3. The van der Waals surface area contributed by atoms with Crippen LogP contribution in [-0.2, 0) is 26.2 Å². The third-order valence-electron chi connectivity index (χ3n) is 4.67. The van der Waals surface area contributed by atoms with E-state index in [2.05, 4.69) is 15.3 Å². The van der Waals surface area contributed by atoms with Crippen molar-refractivity contribution in [3.63, 3.8) is 0 Å². The molecule has 0 unspecified atom stereocenters. The summed E-state index contributed by atoms with van der Waals surface area (Å²) >= 11 is 6.12. The molecule has 0 spiro atoms. The molecule has 3 heterocycles. The zero-order chi connectivity index (χ0) is 19.3. The number of hydrogen-bond donors (Lipinski definition) is 1. The van der Waals surface area contributed by atoms with Gasteiger partial charge in [0.2, 0.25) is 11.8 Å². The minimum atomic E-state index is -4.62. The van der Waals surface area contributed by atoms with Crippen LogP contribution >= 0.6 is 11.6 Å². The molecule has 6 nitrogen and oxygen atoms in total. The van der Waals surface area contributed by atoms with E-state index in [1.165, 1.54) is 0 Å². The lowest BCUT2D eigenvalue weighted by atomic mass is 10.1. The standard InChI is InChI=1S/C17H15ClF3N5O/c1-25-10-7-4-5-9(18)12(10)23-16(25)24-14(27)13-11-6-2-3-8-26(11)15(22-13)17(19,20)21/h4-5,7H,2-3,6,8H2,1H3,(H,23,24,27). The Morgan fingerprint density at radius 2 is 2.04 bits per heavy atom. The molecule has 0 saturated carbocycles. The second kappa shape index (κ2) is 6.26. The van der Waals surface area contributed by atoms with Gasteiger partial charge in [-0.05, 0) is 31.4 Å². The van der Waals surface area contributed by atoms with Crippen molar-refractivity contribution in [3.8, 4) is 0 Å². The number of fused-ring (bicyclic) bond motifs is 2. The van der Waals surface area contributed by atoms with E-state index in [1.54, 1.807) is 29.8 Å². The molecule has 1 N–H and O–H groups in total. The predicted molar refractivity (Wildman–Crippen MR) is 93.8 cm³/mol. The summed E-state index contributed by atoms with van der Waals surface area (Å²) < 4.78 is 42.6. The van der Waals surface area contributed by atoms with Gasteiger partial charge in [0, 0.05) is 13.6 Å². The van der Waals surface area contributed by atoms with E-state index in [4.69, 9.17) is 11.6 Å². The quantitative estimate of drug-likeness (QED) is 0.710. The summed E-state index contributed by atoms with van der Waals surface area (Å²) in [5, 5.41) is 2.99. The van der Waals surface area contributed by atoms with E-state index in [0.29, 0.717) is 41.0 Å². The number of benzene rings is 1. The Labute approximate surface area is 157 Å². The molecule has 3 aromatic rings. The number of halogens is 4. The van der Waals surface area contributed by atoms with E-state index in [9.17, 15) is 18.0 Å². The number of imidazole rings is 2. The van der Waals surface area contributed by atoms with Gasteiger partial charge < -0.3 is 9.13 Å². The van der Waals surface area contributed by atoms with E-state index in [-0.39, 0.29) is 18.2 Å². The zero-order valence-electron chi connectivity index (χ0n) is 14.3. The number of nitrogens with one attached hydrogen (secondary N) is 1. The number of aryl methyl sites for hydroxylation is 1. The van der Waals surface area contributed by atoms with Crippen molar-refractivity contribution in [2.45, 2.75) is 32.0 Å². The highest BCUT2D eigenvalue weighted by Gasteiger charge is 2.40. The molecule has 0 aliphatic carbocycles. The highest BCUT2D eigenvalue weighted by Crippen LogP contribution is 2.33. The van der Waals surface area contributed by atoms with Crippen molar-refractivity contribution in [1.29, 1.82) is 0 Å². The van der Waals surface area contributed by atoms with E-state index < -0.39 is 17.9 Å². The lowest BCUT2D eigenvalue weighted by molar-refractivity contribution is -0.147. The van der Waals surface area contributed by atoms with Gasteiger partial charge in [-0.3, -0.25) is 10.1 Å². The Bertz CT molecular complexity index is 1050. The first-order valence-corrected chi connectivity index (χ1v) is 8.74. The van der Waals surface area contributed by atoms with Crippen LogP contribution in [0.2, 0.25) is 5.02 Å². The fourth-order valence-electron chi connectivity index (χ4n) is 3.39. The normalized spacial score (nSPS) is 14.4. The molecule has 1 aromatic carbocycles. The van der Waals surface area contributed by atoms with Gasteiger partial charge in [0.25, 0.3) is 5.91 Å². The second-order valence-electron chi connectivity index (χ2n) is 6.39. The number of amides is 1. The van der Waals surface area contributed by atoms with Gasteiger partial charge in [0.05, 0.1) is 16.2 Å². The Balaban J connectivity index is 1.73. The topological polar surface area (TPSA) is 64.7 Å². The van der Waals surface area contributed by atoms with Gasteiger partial charge in [0.1, 0.15) is 5.52 Å². The maximum atomic E-state index is 13.3. The van der Waals surface area contributed by atoms with Crippen molar-refractivity contribution < 1.29 is 18.0 Å². The predicted octanol–water partition coefficient (Wildman–Crippen LogP) is 4.03. The van der Waals surface area contributed by atoms with Crippen molar-refractivity contribution in [1.82, 2.24) is 19.1 Å². The SMILES string of the molecule is Cn1c(NC(=O)c2nc(C(F)(F)F)n3c2CCCC3)nc2c(Cl)cccc21. The van der Waals surface area contributed by atoms with Crippen LogP contribution in [0.5, 0.6) is 0 Å². The van der Waals surface area contributed by atoms with Crippen LogP contribution in [0.25, 0.3) is 11.0 Å². The Hall–Kier alpha value is -2.55. The van der Waals surface area contributed by atoms with Gasteiger partial charge in [-0.2, -0.15) is 13.2 Å². The van der Waals surface area contributed by atoms with Crippen molar-refractivity contribution in [3.05, 3.63) is 40.4 Å². The average Bonchev–Trinajstić information content (AvgIpc) is 3.15. The summed E-state index contributed by atoms with van der Waals surface area (Å²) in [5.41, 5.74) is 1.29. The van der Waals surface area contributed by atoms with Gasteiger partial charge in [-0.15, -0.1) is 0 Å². The number of aromatic nitrogens is 4. The number of carbonyl (C=O) groups excluding carboxylic acids is 1. The maximum absolute atomic E-state index is 13.3. The summed E-state index contributed by atoms with van der Waals surface area (Å²) in [4.78, 5) is 20.6. The fraction of sp³-hybridized carbons (Fsp3) is 0.353. The number of carbonyl (C=O) groups is 1. The summed E-state index contributed by atoms with van der Waals surface area (Å²) in [6.07, 6.45) is -2.90. The van der Waals surface area contributed by atoms with E-state index in [1.807, 2.05) is 0 Å². The number of rotatable bonds is 2. The van der Waals surface area contributed by atoms with Crippen LogP contribution in [0.1, 0.15) is 34.8 Å². The molecule has 27 heavy (non-hydrogen) atoms. The second-order valence-corrected chi connectivity index (χ2v) is 6.80. The monoisotopic (exact) mass is 397 g/mol. The minimum absolute atomic E-state index is 0.189. The smallest absolute Gasteiger partial charge is 0.324 e. The van der Waals surface area contributed by atoms with Crippen LogP contribution < -0.4 is 5.32 Å². The number of nitrogens with zero attached hydrogens (tertiary/aromatic N) is 4. The van der Waals surface area contributed by atoms with Crippen molar-refractivity contribution in [2.75, 3.05) is 5.32 Å². The van der Waals surface area contributed by atoms with Crippen LogP contribution in [-0.4, -0.2) is 25.0 Å². The summed E-state index contributed by atoms with van der Waals surface area (Å²) in [5.74, 6) is -1.56. The molecule has 10 heteroatoms. The molecular formula is C17H15ClF3N5O.